The molecule has 0 saturated heterocycles. The van der Waals surface area contributed by atoms with E-state index in [4.69, 9.17) is 14.3 Å². The van der Waals surface area contributed by atoms with Crippen LogP contribution in [0.1, 0.15) is 25.8 Å². The molecule has 0 aliphatic carbocycles. The second-order valence-electron chi connectivity index (χ2n) is 5.09. The Balaban J connectivity index is 0.00000163. The van der Waals surface area contributed by atoms with Crippen molar-refractivity contribution in [3.8, 4) is 16.9 Å². The van der Waals surface area contributed by atoms with Crippen molar-refractivity contribution < 1.29 is 14.3 Å². The van der Waals surface area contributed by atoms with Gasteiger partial charge in [-0.3, -0.25) is 0 Å². The van der Waals surface area contributed by atoms with Gasteiger partial charge in [-0.25, -0.2) is 0 Å². The van der Waals surface area contributed by atoms with Crippen LogP contribution in [-0.4, -0.2) is 33.6 Å². The van der Waals surface area contributed by atoms with Crippen LogP contribution in [0, 0.1) is 0 Å². The summed E-state index contributed by atoms with van der Waals surface area (Å²) in [6.45, 7) is 5.29. The molecule has 140 valence electrons. The van der Waals surface area contributed by atoms with Gasteiger partial charge in [0.25, 0.3) is 0 Å². The first kappa shape index (κ1) is 21.5. The van der Waals surface area contributed by atoms with Crippen LogP contribution in [0.5, 0.6) is 5.75 Å². The molecular formula is C22H29NO3. The zero-order valence-electron chi connectivity index (χ0n) is 16.1. The predicted molar refractivity (Wildman–Crippen MR) is 109 cm³/mol. The molecule has 4 nitrogen and oxygen atoms in total. The van der Waals surface area contributed by atoms with Gasteiger partial charge in [0, 0.05) is 19.3 Å². The summed E-state index contributed by atoms with van der Waals surface area (Å²) in [7, 11) is 3.24. The van der Waals surface area contributed by atoms with Crippen molar-refractivity contribution in [1.29, 1.82) is 0 Å². The summed E-state index contributed by atoms with van der Waals surface area (Å²) >= 11 is 0. The average Bonchev–Trinajstić information content (AvgIpc) is 2.71. The minimum Gasteiger partial charge on any atom is -0.490 e. The van der Waals surface area contributed by atoms with Gasteiger partial charge in [0.05, 0.1) is 6.21 Å². The smallest absolute Gasteiger partial charge is 0.119 e. The summed E-state index contributed by atoms with van der Waals surface area (Å²) in [4.78, 5) is 4.77. The second-order valence-corrected chi connectivity index (χ2v) is 5.09. The van der Waals surface area contributed by atoms with Crippen LogP contribution in [-0.2, 0) is 9.57 Å². The van der Waals surface area contributed by atoms with Crippen molar-refractivity contribution in [3.63, 3.8) is 0 Å². The van der Waals surface area contributed by atoms with E-state index in [1.54, 1.807) is 13.3 Å². The molecule has 0 unspecified atom stereocenters. The van der Waals surface area contributed by atoms with Crippen molar-refractivity contribution in [2.45, 2.75) is 20.3 Å². The van der Waals surface area contributed by atoms with Gasteiger partial charge in [-0.2, -0.15) is 0 Å². The van der Waals surface area contributed by atoms with Crippen molar-refractivity contribution in [3.05, 3.63) is 66.2 Å². The number of nitrogens with zero attached hydrogens (tertiary/aromatic N) is 1. The third-order valence-electron chi connectivity index (χ3n) is 3.42. The Morgan fingerprint density at radius 2 is 1.65 bits per heavy atom. The van der Waals surface area contributed by atoms with Gasteiger partial charge in [0.2, 0.25) is 0 Å². The molecule has 0 atom stereocenters. The van der Waals surface area contributed by atoms with Crippen LogP contribution >= 0.6 is 0 Å². The zero-order valence-corrected chi connectivity index (χ0v) is 16.1. The largest absolute Gasteiger partial charge is 0.490 e. The highest BCUT2D eigenvalue weighted by molar-refractivity contribution is 5.90. The van der Waals surface area contributed by atoms with Gasteiger partial charge < -0.3 is 14.3 Å². The summed E-state index contributed by atoms with van der Waals surface area (Å²) in [5, 5.41) is 3.85. The molecule has 0 N–H and O–H groups in total. The maximum atomic E-state index is 5.70. The Hall–Kier alpha value is -2.59. The van der Waals surface area contributed by atoms with Crippen molar-refractivity contribution >= 4 is 6.21 Å². The van der Waals surface area contributed by atoms with Crippen LogP contribution in [0.4, 0.5) is 0 Å². The monoisotopic (exact) mass is 355 g/mol. The van der Waals surface area contributed by atoms with E-state index in [9.17, 15) is 0 Å². The van der Waals surface area contributed by atoms with E-state index in [1.165, 1.54) is 7.11 Å². The van der Waals surface area contributed by atoms with Crippen LogP contribution in [0.15, 0.2) is 65.8 Å². The average molecular weight is 355 g/mol. The summed E-state index contributed by atoms with van der Waals surface area (Å²) < 4.78 is 10.7. The Labute approximate surface area is 157 Å². The van der Waals surface area contributed by atoms with Crippen molar-refractivity contribution in [2.75, 3.05) is 27.4 Å². The molecule has 0 aliphatic rings. The third-order valence-corrected chi connectivity index (χ3v) is 3.42. The molecule has 0 aromatic heterocycles. The molecule has 2 rings (SSSR count). The Morgan fingerprint density at radius 1 is 0.923 bits per heavy atom. The van der Waals surface area contributed by atoms with E-state index in [1.807, 2.05) is 62.4 Å². The summed E-state index contributed by atoms with van der Waals surface area (Å²) in [6, 6.07) is 16.1. The van der Waals surface area contributed by atoms with Gasteiger partial charge >= 0.3 is 0 Å². The van der Waals surface area contributed by atoms with E-state index in [0.29, 0.717) is 6.61 Å². The molecule has 0 aliphatic heterocycles. The molecule has 26 heavy (non-hydrogen) atoms. The lowest BCUT2D eigenvalue weighted by Gasteiger charge is -2.08. The molecule has 0 spiro atoms. The first-order valence-corrected chi connectivity index (χ1v) is 8.88. The fourth-order valence-corrected chi connectivity index (χ4v) is 2.23. The highest BCUT2D eigenvalue weighted by atomic mass is 16.6. The fourth-order valence-electron chi connectivity index (χ4n) is 2.23. The van der Waals surface area contributed by atoms with Gasteiger partial charge in [-0.1, -0.05) is 67.6 Å². The standard InChI is InChI=1S/C20H23NO3.C2H6/c1-22-14-6-3-7-15-24-19-12-10-17(11-13-19)20-9-5-4-8-18(20)16-21-23-2;1-2/h3-5,7-13,16H,6,14-15H2,1-2H3;1-2H3/b7-3-,21-16+;. The second kappa shape index (κ2) is 13.7. The van der Waals surface area contributed by atoms with E-state index < -0.39 is 0 Å². The van der Waals surface area contributed by atoms with Crippen molar-refractivity contribution in [2.24, 2.45) is 5.16 Å². The number of hydrogen-bond donors (Lipinski definition) is 0. The van der Waals surface area contributed by atoms with Crippen molar-refractivity contribution in [1.82, 2.24) is 0 Å². The maximum absolute atomic E-state index is 5.70. The van der Waals surface area contributed by atoms with Gasteiger partial charge in [-0.15, -0.1) is 0 Å². The molecule has 0 radical (unpaired) electrons. The molecular weight excluding hydrogens is 326 g/mol. The predicted octanol–water partition coefficient (Wildman–Crippen LogP) is 5.33. The number of benzene rings is 2. The molecule has 0 saturated carbocycles. The highest BCUT2D eigenvalue weighted by Crippen LogP contribution is 2.25. The topological polar surface area (TPSA) is 40.0 Å². The molecule has 0 fully saturated rings. The maximum Gasteiger partial charge on any atom is 0.119 e. The van der Waals surface area contributed by atoms with E-state index in [2.05, 4.69) is 17.3 Å². The summed E-state index contributed by atoms with van der Waals surface area (Å²) in [5.41, 5.74) is 3.22. The number of oxime groups is 1. The lowest BCUT2D eigenvalue weighted by molar-refractivity contribution is 0.204. The van der Waals surface area contributed by atoms with Crippen LogP contribution in [0.3, 0.4) is 0 Å². The molecule has 4 heteroatoms. The molecule has 2 aromatic rings. The summed E-state index contributed by atoms with van der Waals surface area (Å²) in [6.07, 6.45) is 6.68. The summed E-state index contributed by atoms with van der Waals surface area (Å²) in [5.74, 6) is 0.846. The molecule has 0 heterocycles. The third kappa shape index (κ3) is 7.53. The number of ether oxygens (including phenoxy) is 2. The zero-order chi connectivity index (χ0) is 19.0. The van der Waals surface area contributed by atoms with Gasteiger partial charge in [0.15, 0.2) is 0 Å². The molecule has 2 aromatic carbocycles. The number of hydrogen-bond acceptors (Lipinski definition) is 4. The first-order valence-electron chi connectivity index (χ1n) is 8.88. The minimum absolute atomic E-state index is 0.556. The number of methoxy groups -OCH3 is 1. The highest BCUT2D eigenvalue weighted by Gasteiger charge is 2.03. The van der Waals surface area contributed by atoms with Gasteiger partial charge in [-0.05, 0) is 29.7 Å². The minimum atomic E-state index is 0.556. The van der Waals surface area contributed by atoms with Crippen LogP contribution in [0.25, 0.3) is 11.1 Å². The SMILES string of the molecule is CC.COCC/C=C\COc1ccc(-c2ccccc2/C=N/OC)cc1. The molecule has 0 bridgehead atoms. The fraction of sp³-hybridized carbons (Fsp3) is 0.318. The van der Waals surface area contributed by atoms with E-state index in [-0.39, 0.29) is 0 Å². The van der Waals surface area contributed by atoms with E-state index >= 15 is 0 Å². The molecule has 0 amide bonds. The Bertz CT molecular complexity index is 663. The van der Waals surface area contributed by atoms with E-state index in [0.717, 1.165) is 35.5 Å². The number of rotatable bonds is 9. The quantitative estimate of drug-likeness (QED) is 0.264. The first-order chi connectivity index (χ1) is 12.8. The normalized spacial score (nSPS) is 10.6. The van der Waals surface area contributed by atoms with Crippen LogP contribution in [0.2, 0.25) is 0 Å². The Morgan fingerprint density at radius 3 is 2.35 bits per heavy atom. The van der Waals surface area contributed by atoms with Gasteiger partial charge in [0.1, 0.15) is 19.5 Å². The van der Waals surface area contributed by atoms with Crippen LogP contribution < -0.4 is 4.74 Å². The lowest BCUT2D eigenvalue weighted by atomic mass is 10.0. The Kier molecular flexibility index (Phi) is 11.3. The lowest BCUT2D eigenvalue weighted by Crippen LogP contribution is -1.94.